The number of methoxy groups -OCH3 is 1. The van der Waals surface area contributed by atoms with Crippen molar-refractivity contribution < 1.29 is 14.3 Å². The van der Waals surface area contributed by atoms with E-state index in [1.54, 1.807) is 23.8 Å². The average molecular weight is 443 g/mol. The highest BCUT2D eigenvalue weighted by Crippen LogP contribution is 2.19. The number of ether oxygens (including phenoxy) is 1. The maximum atomic E-state index is 13.2. The highest BCUT2D eigenvalue weighted by atomic mass is 32.2. The minimum absolute atomic E-state index is 0.0233. The van der Waals surface area contributed by atoms with Gasteiger partial charge in [0, 0.05) is 18.3 Å². The molecule has 0 heterocycles. The second-order valence-corrected chi connectivity index (χ2v) is 8.92. The highest BCUT2D eigenvalue weighted by molar-refractivity contribution is 7.99. The predicted molar refractivity (Wildman–Crippen MR) is 128 cm³/mol. The van der Waals surface area contributed by atoms with Crippen molar-refractivity contribution >= 4 is 23.6 Å². The topological polar surface area (TPSA) is 58.6 Å². The van der Waals surface area contributed by atoms with Crippen molar-refractivity contribution in [3.05, 3.63) is 65.2 Å². The lowest BCUT2D eigenvalue weighted by atomic mass is 10.1. The van der Waals surface area contributed by atoms with Crippen LogP contribution in [0.15, 0.2) is 48.5 Å². The standard InChI is InChI=1S/C25H34N2O3S/c1-6-23(25(29)26-18(2)3)27(15-20-9-7-19(4)8-10-20)24(28)17-31-16-21-11-13-22(30-5)14-12-21/h7-14,18,23H,6,15-17H2,1-5H3,(H,26,29)/t23-/m0/s1. The van der Waals surface area contributed by atoms with Crippen LogP contribution in [0.1, 0.15) is 43.9 Å². The minimum Gasteiger partial charge on any atom is -0.497 e. The maximum absolute atomic E-state index is 13.2. The first-order valence-electron chi connectivity index (χ1n) is 10.7. The highest BCUT2D eigenvalue weighted by Gasteiger charge is 2.28. The van der Waals surface area contributed by atoms with Crippen molar-refractivity contribution in [2.24, 2.45) is 0 Å². The van der Waals surface area contributed by atoms with Gasteiger partial charge in [-0.1, -0.05) is 48.9 Å². The zero-order chi connectivity index (χ0) is 22.8. The maximum Gasteiger partial charge on any atom is 0.243 e. The average Bonchev–Trinajstić information content (AvgIpc) is 2.75. The largest absolute Gasteiger partial charge is 0.497 e. The molecular formula is C25H34N2O3S. The van der Waals surface area contributed by atoms with Gasteiger partial charge in [0.1, 0.15) is 11.8 Å². The monoisotopic (exact) mass is 442 g/mol. The number of rotatable bonds is 11. The minimum atomic E-state index is -0.488. The molecular weight excluding hydrogens is 408 g/mol. The number of nitrogens with one attached hydrogen (secondary N) is 1. The van der Waals surface area contributed by atoms with Gasteiger partial charge in [-0.25, -0.2) is 0 Å². The first-order chi connectivity index (χ1) is 14.8. The molecule has 2 rings (SSSR count). The third kappa shape index (κ3) is 7.94. The van der Waals surface area contributed by atoms with Gasteiger partial charge in [-0.3, -0.25) is 9.59 Å². The van der Waals surface area contributed by atoms with Gasteiger partial charge in [0.25, 0.3) is 0 Å². The van der Waals surface area contributed by atoms with Crippen LogP contribution in [0, 0.1) is 6.92 Å². The second kappa shape index (κ2) is 12.4. The zero-order valence-corrected chi connectivity index (χ0v) is 20.0. The summed E-state index contributed by atoms with van der Waals surface area (Å²) in [6.07, 6.45) is 0.569. The molecule has 5 nitrogen and oxygen atoms in total. The summed E-state index contributed by atoms with van der Waals surface area (Å²) in [7, 11) is 1.64. The molecule has 0 radical (unpaired) electrons. The van der Waals surface area contributed by atoms with Gasteiger partial charge < -0.3 is 15.0 Å². The summed E-state index contributed by atoms with van der Waals surface area (Å²) < 4.78 is 5.19. The van der Waals surface area contributed by atoms with Crippen LogP contribution in [0.5, 0.6) is 5.75 Å². The Hall–Kier alpha value is -2.47. The van der Waals surface area contributed by atoms with Gasteiger partial charge in [-0.2, -0.15) is 0 Å². The Morgan fingerprint density at radius 3 is 2.19 bits per heavy atom. The summed E-state index contributed by atoms with van der Waals surface area (Å²) in [5, 5.41) is 2.97. The van der Waals surface area contributed by atoms with Gasteiger partial charge in [0.15, 0.2) is 0 Å². The molecule has 0 spiro atoms. The van der Waals surface area contributed by atoms with Crippen LogP contribution < -0.4 is 10.1 Å². The van der Waals surface area contributed by atoms with E-state index in [1.165, 1.54) is 5.56 Å². The summed E-state index contributed by atoms with van der Waals surface area (Å²) in [5.74, 6) is 1.74. The Labute approximate surface area is 190 Å². The van der Waals surface area contributed by atoms with Gasteiger partial charge in [0.2, 0.25) is 11.8 Å². The molecule has 0 saturated heterocycles. The van der Waals surface area contributed by atoms with Crippen molar-refractivity contribution in [2.75, 3.05) is 12.9 Å². The molecule has 168 valence electrons. The van der Waals surface area contributed by atoms with E-state index < -0.39 is 6.04 Å². The lowest BCUT2D eigenvalue weighted by molar-refractivity contribution is -0.139. The molecule has 2 aromatic carbocycles. The smallest absolute Gasteiger partial charge is 0.243 e. The van der Waals surface area contributed by atoms with Gasteiger partial charge >= 0.3 is 0 Å². The molecule has 2 aromatic rings. The van der Waals surface area contributed by atoms with Gasteiger partial charge in [-0.05, 0) is 50.5 Å². The van der Waals surface area contributed by atoms with Crippen molar-refractivity contribution in [1.82, 2.24) is 10.2 Å². The van der Waals surface area contributed by atoms with Gasteiger partial charge in [-0.15, -0.1) is 11.8 Å². The Morgan fingerprint density at radius 1 is 1.03 bits per heavy atom. The Kier molecular flexibility index (Phi) is 9.92. The molecule has 0 fully saturated rings. The number of carbonyl (C=O) groups is 2. The Balaban J connectivity index is 2.09. The van der Waals surface area contributed by atoms with E-state index in [4.69, 9.17) is 4.74 Å². The summed E-state index contributed by atoms with van der Waals surface area (Å²) >= 11 is 1.56. The van der Waals surface area contributed by atoms with E-state index in [0.29, 0.717) is 18.7 Å². The van der Waals surface area contributed by atoms with Crippen LogP contribution >= 0.6 is 11.8 Å². The zero-order valence-electron chi connectivity index (χ0n) is 19.2. The number of carbonyl (C=O) groups excluding carboxylic acids is 2. The van der Waals surface area contributed by atoms with Crippen LogP contribution in [0.25, 0.3) is 0 Å². The number of nitrogens with zero attached hydrogens (tertiary/aromatic N) is 1. The normalized spacial score (nSPS) is 11.8. The molecule has 0 aliphatic rings. The number of thioether (sulfide) groups is 1. The lowest BCUT2D eigenvalue weighted by Gasteiger charge is -2.31. The second-order valence-electron chi connectivity index (χ2n) is 7.94. The molecule has 0 unspecified atom stereocenters. The number of aryl methyl sites for hydroxylation is 1. The quantitative estimate of drug-likeness (QED) is 0.554. The van der Waals surface area contributed by atoms with Crippen LogP contribution in [0.4, 0.5) is 0 Å². The van der Waals surface area contributed by atoms with Crippen LogP contribution in [0.3, 0.4) is 0 Å². The summed E-state index contributed by atoms with van der Waals surface area (Å²) in [4.78, 5) is 27.7. The molecule has 2 amide bonds. The molecule has 0 aliphatic heterocycles. The molecule has 1 atom stereocenters. The van der Waals surface area contributed by atoms with E-state index in [-0.39, 0.29) is 17.9 Å². The lowest BCUT2D eigenvalue weighted by Crippen LogP contribution is -2.50. The fourth-order valence-corrected chi connectivity index (χ4v) is 4.12. The summed E-state index contributed by atoms with van der Waals surface area (Å²) in [6, 6.07) is 15.5. The van der Waals surface area contributed by atoms with Crippen LogP contribution in [-0.4, -0.2) is 41.7 Å². The first kappa shape index (κ1) is 24.8. The van der Waals surface area contributed by atoms with Crippen molar-refractivity contribution in [1.29, 1.82) is 0 Å². The predicted octanol–water partition coefficient (Wildman–Crippen LogP) is 4.57. The third-order valence-electron chi connectivity index (χ3n) is 4.94. The van der Waals surface area contributed by atoms with E-state index in [9.17, 15) is 9.59 Å². The summed E-state index contributed by atoms with van der Waals surface area (Å²) in [6.45, 7) is 8.27. The van der Waals surface area contributed by atoms with E-state index in [0.717, 1.165) is 22.6 Å². The Bertz CT molecular complexity index is 835. The van der Waals surface area contributed by atoms with Crippen molar-refractivity contribution in [3.8, 4) is 5.75 Å². The molecule has 0 aliphatic carbocycles. The number of benzene rings is 2. The number of hydrogen-bond donors (Lipinski definition) is 1. The SMILES string of the molecule is CC[C@@H](C(=O)NC(C)C)N(Cc1ccc(C)cc1)C(=O)CSCc1ccc(OC)cc1. The van der Waals surface area contributed by atoms with E-state index in [2.05, 4.69) is 5.32 Å². The van der Waals surface area contributed by atoms with Crippen molar-refractivity contribution in [2.45, 2.75) is 58.5 Å². The molecule has 0 bridgehead atoms. The molecule has 31 heavy (non-hydrogen) atoms. The van der Waals surface area contributed by atoms with Crippen molar-refractivity contribution in [3.63, 3.8) is 0 Å². The number of amides is 2. The molecule has 0 aromatic heterocycles. The number of hydrogen-bond acceptors (Lipinski definition) is 4. The summed E-state index contributed by atoms with van der Waals surface area (Å²) in [5.41, 5.74) is 3.32. The van der Waals surface area contributed by atoms with Crippen LogP contribution in [-0.2, 0) is 21.9 Å². The molecule has 6 heteroatoms. The fraction of sp³-hybridized carbons (Fsp3) is 0.440. The molecule has 1 N–H and O–H groups in total. The first-order valence-corrected chi connectivity index (χ1v) is 11.9. The van der Waals surface area contributed by atoms with E-state index >= 15 is 0 Å². The Morgan fingerprint density at radius 2 is 1.65 bits per heavy atom. The third-order valence-corrected chi connectivity index (χ3v) is 5.93. The van der Waals surface area contributed by atoms with E-state index in [1.807, 2.05) is 76.2 Å². The van der Waals surface area contributed by atoms with Gasteiger partial charge in [0.05, 0.1) is 12.9 Å². The fourth-order valence-electron chi connectivity index (χ4n) is 3.25. The van der Waals surface area contributed by atoms with Crippen LogP contribution in [0.2, 0.25) is 0 Å². The molecule has 0 saturated carbocycles.